The average molecular weight is 361 g/mol. The van der Waals surface area contributed by atoms with E-state index in [0.717, 1.165) is 23.3 Å². The van der Waals surface area contributed by atoms with Gasteiger partial charge in [-0.15, -0.1) is 0 Å². The summed E-state index contributed by atoms with van der Waals surface area (Å²) in [7, 11) is 3.11. The second kappa shape index (κ2) is 7.63. The molecule has 1 aliphatic heterocycles. The molecule has 0 aromatic heterocycles. The van der Waals surface area contributed by atoms with Crippen molar-refractivity contribution in [2.75, 3.05) is 20.8 Å². The summed E-state index contributed by atoms with van der Waals surface area (Å²) in [5, 5.41) is 5.41. The number of benzene rings is 1. The van der Waals surface area contributed by atoms with Gasteiger partial charge in [0.1, 0.15) is 6.04 Å². The molecule has 1 saturated heterocycles. The fraction of sp³-hybridized carbons (Fsp3) is 0.500. The highest BCUT2D eigenvalue weighted by molar-refractivity contribution is 6.05. The normalized spacial score (nSPS) is 19.3. The first-order valence-corrected chi connectivity index (χ1v) is 8.64. The first-order chi connectivity index (χ1) is 12.5. The highest BCUT2D eigenvalue weighted by atomic mass is 16.5. The van der Waals surface area contributed by atoms with Gasteiger partial charge in [0.25, 0.3) is 5.91 Å². The lowest BCUT2D eigenvalue weighted by atomic mass is 10.1. The van der Waals surface area contributed by atoms with E-state index >= 15 is 0 Å². The number of nitrogens with one attached hydrogen (secondary N) is 2. The monoisotopic (exact) mass is 361 g/mol. The first kappa shape index (κ1) is 18.0. The summed E-state index contributed by atoms with van der Waals surface area (Å²) in [4.78, 5) is 37.5. The van der Waals surface area contributed by atoms with Crippen LogP contribution < -0.4 is 20.1 Å². The van der Waals surface area contributed by atoms with Crippen molar-refractivity contribution < 1.29 is 23.9 Å². The molecule has 1 saturated carbocycles. The van der Waals surface area contributed by atoms with Gasteiger partial charge in [0.2, 0.25) is 5.91 Å². The molecule has 8 heteroatoms. The quantitative estimate of drug-likeness (QED) is 0.669. The lowest BCUT2D eigenvalue weighted by Crippen LogP contribution is -2.37. The number of ether oxygens (including phenoxy) is 2. The topological polar surface area (TPSA) is 97.0 Å². The summed E-state index contributed by atoms with van der Waals surface area (Å²) in [6, 6.07) is 4.45. The zero-order valence-electron chi connectivity index (χ0n) is 14.9. The maximum atomic E-state index is 12.4. The smallest absolute Gasteiger partial charge is 0.324 e. The Morgan fingerprint density at radius 2 is 1.96 bits per heavy atom. The molecule has 0 radical (unpaired) electrons. The van der Waals surface area contributed by atoms with Gasteiger partial charge in [-0.2, -0.15) is 0 Å². The molecule has 1 aromatic carbocycles. The molecule has 4 amide bonds. The number of carbonyl (C=O) groups is 3. The van der Waals surface area contributed by atoms with Crippen molar-refractivity contribution in [3.05, 3.63) is 23.8 Å². The van der Waals surface area contributed by atoms with Crippen molar-refractivity contribution in [1.82, 2.24) is 15.5 Å². The van der Waals surface area contributed by atoms with E-state index in [2.05, 4.69) is 10.6 Å². The van der Waals surface area contributed by atoms with Crippen LogP contribution in [0.3, 0.4) is 0 Å². The molecule has 0 unspecified atom stereocenters. The number of hydrogen-bond donors (Lipinski definition) is 2. The molecule has 2 N–H and O–H groups in total. The van der Waals surface area contributed by atoms with Crippen LogP contribution in [0.25, 0.3) is 0 Å². The fourth-order valence-corrected chi connectivity index (χ4v) is 2.90. The van der Waals surface area contributed by atoms with Gasteiger partial charge in [-0.25, -0.2) is 4.79 Å². The molecule has 2 fully saturated rings. The molecule has 0 spiro atoms. The Balaban J connectivity index is 1.56. The zero-order chi connectivity index (χ0) is 18.7. The number of carbonyl (C=O) groups excluding carboxylic acids is 3. The number of methoxy groups -OCH3 is 2. The Hall–Kier alpha value is -2.77. The summed E-state index contributed by atoms with van der Waals surface area (Å²) < 4.78 is 10.5. The summed E-state index contributed by atoms with van der Waals surface area (Å²) in [6.45, 7) is 0.237. The van der Waals surface area contributed by atoms with Crippen LogP contribution >= 0.6 is 0 Å². The van der Waals surface area contributed by atoms with Crippen molar-refractivity contribution in [3.8, 4) is 11.5 Å². The Kier molecular flexibility index (Phi) is 5.29. The molecule has 0 bridgehead atoms. The van der Waals surface area contributed by atoms with Crippen LogP contribution in [0.4, 0.5) is 4.79 Å². The van der Waals surface area contributed by atoms with Crippen LogP contribution in [-0.2, 0) is 16.0 Å². The maximum Gasteiger partial charge on any atom is 0.324 e. The minimum Gasteiger partial charge on any atom is -0.493 e. The highest BCUT2D eigenvalue weighted by Gasteiger charge is 2.39. The third kappa shape index (κ3) is 4.07. The third-order valence-electron chi connectivity index (χ3n) is 4.51. The molecule has 1 aliphatic carbocycles. The van der Waals surface area contributed by atoms with Gasteiger partial charge < -0.3 is 20.1 Å². The van der Waals surface area contributed by atoms with E-state index in [1.165, 1.54) is 0 Å². The number of hydrogen-bond acceptors (Lipinski definition) is 5. The fourth-order valence-electron chi connectivity index (χ4n) is 2.90. The Bertz CT molecular complexity index is 717. The molecular weight excluding hydrogens is 338 g/mol. The SMILES string of the molecule is COc1ccc(CCN2C(=O)N[C@H](CC(=O)NC3CC3)C2=O)cc1OC. The number of imide groups is 1. The van der Waals surface area contributed by atoms with Crippen molar-refractivity contribution in [1.29, 1.82) is 0 Å². The standard InChI is InChI=1S/C18H23N3O5/c1-25-14-6-3-11(9-15(14)26-2)7-8-21-17(23)13(20-18(21)24)10-16(22)19-12-4-5-12/h3,6,9,12-13H,4-5,7-8,10H2,1-2H3,(H,19,22)(H,20,24)/t13-/m1/s1. The van der Waals surface area contributed by atoms with Crippen molar-refractivity contribution >= 4 is 17.8 Å². The second-order valence-electron chi connectivity index (χ2n) is 6.48. The summed E-state index contributed by atoms with van der Waals surface area (Å²) in [5.74, 6) is 0.652. The molecule has 3 rings (SSSR count). The zero-order valence-corrected chi connectivity index (χ0v) is 14.9. The highest BCUT2D eigenvalue weighted by Crippen LogP contribution is 2.28. The molecule has 8 nitrogen and oxygen atoms in total. The molecule has 26 heavy (non-hydrogen) atoms. The number of amides is 4. The number of nitrogens with zero attached hydrogens (tertiary/aromatic N) is 1. The van der Waals surface area contributed by atoms with Crippen LogP contribution in [0, 0.1) is 0 Å². The molecule has 1 aromatic rings. The lowest BCUT2D eigenvalue weighted by Gasteiger charge is -2.14. The van der Waals surface area contributed by atoms with Gasteiger partial charge in [-0.3, -0.25) is 14.5 Å². The van der Waals surface area contributed by atoms with Crippen LogP contribution in [0.2, 0.25) is 0 Å². The Morgan fingerprint density at radius 3 is 2.62 bits per heavy atom. The van der Waals surface area contributed by atoms with Gasteiger partial charge in [0.05, 0.1) is 20.6 Å². The van der Waals surface area contributed by atoms with Crippen molar-refractivity contribution in [3.63, 3.8) is 0 Å². The van der Waals surface area contributed by atoms with Crippen LogP contribution in [0.5, 0.6) is 11.5 Å². The van der Waals surface area contributed by atoms with E-state index in [4.69, 9.17) is 9.47 Å². The Labute approximate surface area is 151 Å². The van der Waals surface area contributed by atoms with Crippen molar-refractivity contribution in [2.24, 2.45) is 0 Å². The predicted molar refractivity (Wildman–Crippen MR) is 93.1 cm³/mol. The average Bonchev–Trinajstić information content (AvgIpc) is 3.40. The van der Waals surface area contributed by atoms with Crippen molar-refractivity contribution in [2.45, 2.75) is 37.8 Å². The third-order valence-corrected chi connectivity index (χ3v) is 4.51. The van der Waals surface area contributed by atoms with Gasteiger partial charge in [-0.1, -0.05) is 6.07 Å². The summed E-state index contributed by atoms with van der Waals surface area (Å²) in [6.07, 6.45) is 2.43. The van der Waals surface area contributed by atoms with Gasteiger partial charge >= 0.3 is 6.03 Å². The van der Waals surface area contributed by atoms with Gasteiger partial charge in [-0.05, 0) is 37.0 Å². The Morgan fingerprint density at radius 1 is 1.23 bits per heavy atom. The van der Waals surface area contributed by atoms with E-state index < -0.39 is 12.1 Å². The predicted octanol–water partition coefficient (Wildman–Crippen LogP) is 0.835. The number of urea groups is 1. The van der Waals surface area contributed by atoms with E-state index in [9.17, 15) is 14.4 Å². The van der Waals surface area contributed by atoms with Crippen LogP contribution in [0.15, 0.2) is 18.2 Å². The van der Waals surface area contributed by atoms with E-state index in [1.54, 1.807) is 20.3 Å². The van der Waals surface area contributed by atoms with Crippen LogP contribution in [-0.4, -0.2) is 55.6 Å². The summed E-state index contributed by atoms with van der Waals surface area (Å²) >= 11 is 0. The van der Waals surface area contributed by atoms with Gasteiger partial charge in [0.15, 0.2) is 11.5 Å². The van der Waals surface area contributed by atoms with E-state index in [1.807, 2.05) is 12.1 Å². The second-order valence-corrected chi connectivity index (χ2v) is 6.48. The van der Waals surface area contributed by atoms with Gasteiger partial charge in [0, 0.05) is 12.6 Å². The molecule has 140 valence electrons. The minimum absolute atomic E-state index is 0.0199. The largest absolute Gasteiger partial charge is 0.493 e. The molecule has 1 heterocycles. The first-order valence-electron chi connectivity index (χ1n) is 8.64. The minimum atomic E-state index is -0.786. The van der Waals surface area contributed by atoms with E-state index in [-0.39, 0.29) is 30.8 Å². The van der Waals surface area contributed by atoms with Crippen LogP contribution in [0.1, 0.15) is 24.8 Å². The molecule has 1 atom stereocenters. The summed E-state index contributed by atoms with van der Waals surface area (Å²) in [5.41, 5.74) is 0.915. The maximum absolute atomic E-state index is 12.4. The van der Waals surface area contributed by atoms with E-state index in [0.29, 0.717) is 17.9 Å². The molecular formula is C18H23N3O5. The molecule has 2 aliphatic rings. The lowest BCUT2D eigenvalue weighted by molar-refractivity contribution is -0.130. The number of rotatable bonds is 8.